The van der Waals surface area contributed by atoms with Crippen LogP contribution in [0.2, 0.25) is 0 Å². The van der Waals surface area contributed by atoms with E-state index in [1.807, 2.05) is 6.07 Å². The van der Waals surface area contributed by atoms with Crippen molar-refractivity contribution < 1.29 is 14.3 Å². The number of esters is 1. The molecule has 6 heteroatoms. The number of nitrogens with one attached hydrogen (secondary N) is 2. The van der Waals surface area contributed by atoms with E-state index in [1.54, 1.807) is 42.6 Å². The average Bonchev–Trinajstić information content (AvgIpc) is 2.71. The maximum Gasteiger partial charge on any atom is 0.337 e. The van der Waals surface area contributed by atoms with Crippen LogP contribution in [0.3, 0.4) is 0 Å². The number of aromatic nitrogens is 1. The molecule has 0 unspecified atom stereocenters. The van der Waals surface area contributed by atoms with E-state index >= 15 is 0 Å². The molecule has 28 heavy (non-hydrogen) atoms. The summed E-state index contributed by atoms with van der Waals surface area (Å²) in [6.07, 6.45) is 1.62. The lowest BCUT2D eigenvalue weighted by molar-refractivity contribution is 0.0600. The van der Waals surface area contributed by atoms with Gasteiger partial charge < -0.3 is 15.4 Å². The molecule has 3 rings (SSSR count). The quantitative estimate of drug-likeness (QED) is 0.643. The van der Waals surface area contributed by atoms with Gasteiger partial charge in [0.05, 0.1) is 24.6 Å². The lowest BCUT2D eigenvalue weighted by atomic mass is 10.1. The molecule has 6 nitrogen and oxygen atoms in total. The van der Waals surface area contributed by atoms with Gasteiger partial charge in [0.15, 0.2) is 0 Å². The number of pyridine rings is 1. The normalized spacial score (nSPS) is 10.2. The number of rotatable bonds is 5. The van der Waals surface area contributed by atoms with Gasteiger partial charge in [0, 0.05) is 11.4 Å². The fourth-order valence-electron chi connectivity index (χ4n) is 2.59. The molecule has 2 aromatic carbocycles. The van der Waals surface area contributed by atoms with Crippen LogP contribution in [-0.2, 0) is 4.74 Å². The number of ether oxygens (including phenoxy) is 1. The number of hydrogen-bond acceptors (Lipinski definition) is 5. The Morgan fingerprint density at radius 1 is 0.857 bits per heavy atom. The van der Waals surface area contributed by atoms with Crippen LogP contribution in [0.25, 0.3) is 0 Å². The topological polar surface area (TPSA) is 80.3 Å². The van der Waals surface area contributed by atoms with Gasteiger partial charge in [0.25, 0.3) is 5.91 Å². The van der Waals surface area contributed by atoms with Gasteiger partial charge in [-0.05, 0) is 73.5 Å². The van der Waals surface area contributed by atoms with Crippen molar-refractivity contribution in [2.45, 2.75) is 13.8 Å². The minimum atomic E-state index is -0.425. The van der Waals surface area contributed by atoms with Gasteiger partial charge >= 0.3 is 5.97 Å². The number of amides is 1. The molecule has 0 aliphatic rings. The van der Waals surface area contributed by atoms with Gasteiger partial charge in [-0.15, -0.1) is 0 Å². The first-order valence-electron chi connectivity index (χ1n) is 8.76. The number of benzene rings is 2. The molecule has 1 aromatic heterocycles. The summed E-state index contributed by atoms with van der Waals surface area (Å²) in [5, 5.41) is 6.02. The van der Waals surface area contributed by atoms with Crippen molar-refractivity contribution in [1.29, 1.82) is 0 Å². The highest BCUT2D eigenvalue weighted by molar-refractivity contribution is 6.03. The van der Waals surface area contributed by atoms with Crippen LogP contribution in [0.1, 0.15) is 32.0 Å². The summed E-state index contributed by atoms with van der Waals surface area (Å²) in [5.41, 5.74) is 5.47. The summed E-state index contributed by atoms with van der Waals surface area (Å²) in [6, 6.07) is 16.0. The number of anilines is 3. The first-order valence-corrected chi connectivity index (χ1v) is 8.76. The van der Waals surface area contributed by atoms with E-state index in [9.17, 15) is 9.59 Å². The van der Waals surface area contributed by atoms with E-state index in [4.69, 9.17) is 0 Å². The van der Waals surface area contributed by atoms with E-state index in [0.717, 1.165) is 11.4 Å². The number of carbonyl (C=O) groups is 2. The van der Waals surface area contributed by atoms with E-state index in [-0.39, 0.29) is 5.91 Å². The number of aryl methyl sites for hydroxylation is 2. The zero-order valence-corrected chi connectivity index (χ0v) is 15.9. The lowest BCUT2D eigenvalue weighted by Gasteiger charge is -2.09. The van der Waals surface area contributed by atoms with Gasteiger partial charge in [0.2, 0.25) is 0 Å². The number of carbonyl (C=O) groups excluding carboxylic acids is 2. The first-order chi connectivity index (χ1) is 13.5. The van der Waals surface area contributed by atoms with Crippen LogP contribution in [0.4, 0.5) is 17.1 Å². The van der Waals surface area contributed by atoms with Crippen molar-refractivity contribution in [3.63, 3.8) is 0 Å². The van der Waals surface area contributed by atoms with Crippen molar-refractivity contribution >= 4 is 28.9 Å². The van der Waals surface area contributed by atoms with Crippen LogP contribution in [0.5, 0.6) is 0 Å². The largest absolute Gasteiger partial charge is 0.465 e. The fourth-order valence-corrected chi connectivity index (χ4v) is 2.59. The molecule has 1 amide bonds. The predicted molar refractivity (Wildman–Crippen MR) is 109 cm³/mol. The third-order valence-corrected chi connectivity index (χ3v) is 4.36. The number of methoxy groups -OCH3 is 1. The van der Waals surface area contributed by atoms with Crippen LogP contribution < -0.4 is 10.6 Å². The monoisotopic (exact) mass is 375 g/mol. The second-order valence-electron chi connectivity index (χ2n) is 6.38. The van der Waals surface area contributed by atoms with Crippen LogP contribution in [0.15, 0.2) is 60.8 Å². The van der Waals surface area contributed by atoms with Crippen LogP contribution >= 0.6 is 0 Å². The molecule has 1 heterocycles. The molecule has 0 fully saturated rings. The average molecular weight is 375 g/mol. The highest BCUT2D eigenvalue weighted by atomic mass is 16.5. The van der Waals surface area contributed by atoms with Crippen molar-refractivity contribution in [2.75, 3.05) is 17.7 Å². The Labute approximate surface area is 163 Å². The van der Waals surface area contributed by atoms with Crippen LogP contribution in [-0.4, -0.2) is 24.0 Å². The summed E-state index contributed by atoms with van der Waals surface area (Å²) >= 11 is 0. The molecule has 0 saturated heterocycles. The zero-order valence-electron chi connectivity index (χ0n) is 15.9. The summed E-state index contributed by atoms with van der Waals surface area (Å²) in [7, 11) is 1.32. The Kier molecular flexibility index (Phi) is 5.69. The van der Waals surface area contributed by atoms with E-state index in [1.165, 1.54) is 18.2 Å². The van der Waals surface area contributed by atoms with Gasteiger partial charge in [-0.1, -0.05) is 6.07 Å². The Bertz CT molecular complexity index is 997. The standard InChI is InChI=1S/C22H21N3O3/c1-14-4-7-18(12-15(14)2)24-19-10-11-20(23-13-19)21(26)25-17-8-5-16(6-9-17)22(27)28-3/h4-13,24H,1-3H3,(H,25,26). The molecular weight excluding hydrogens is 354 g/mol. The summed E-state index contributed by atoms with van der Waals surface area (Å²) in [6.45, 7) is 4.13. The molecule has 0 aliphatic carbocycles. The smallest absolute Gasteiger partial charge is 0.337 e. The molecule has 3 aromatic rings. The number of hydrogen-bond donors (Lipinski definition) is 2. The third-order valence-electron chi connectivity index (χ3n) is 4.36. The second kappa shape index (κ2) is 8.35. The van der Waals surface area contributed by atoms with Gasteiger partial charge in [0.1, 0.15) is 5.69 Å². The van der Waals surface area contributed by atoms with Gasteiger partial charge in [-0.25, -0.2) is 9.78 Å². The maximum atomic E-state index is 12.4. The fraction of sp³-hybridized carbons (Fsp3) is 0.136. The Hall–Kier alpha value is -3.67. The van der Waals surface area contributed by atoms with Crippen molar-refractivity contribution in [3.05, 3.63) is 83.2 Å². The summed E-state index contributed by atoms with van der Waals surface area (Å²) < 4.78 is 4.65. The first kappa shape index (κ1) is 19.1. The molecule has 0 bridgehead atoms. The zero-order chi connectivity index (χ0) is 20.1. The lowest BCUT2D eigenvalue weighted by Crippen LogP contribution is -2.13. The summed E-state index contributed by atoms with van der Waals surface area (Å²) in [5.74, 6) is -0.755. The van der Waals surface area contributed by atoms with Gasteiger partial charge in [-0.2, -0.15) is 0 Å². The van der Waals surface area contributed by atoms with Crippen molar-refractivity contribution in [1.82, 2.24) is 4.98 Å². The van der Waals surface area contributed by atoms with Crippen LogP contribution in [0, 0.1) is 13.8 Å². The Balaban J connectivity index is 1.64. The molecule has 0 saturated carbocycles. The SMILES string of the molecule is COC(=O)c1ccc(NC(=O)c2ccc(Nc3ccc(C)c(C)c3)cn2)cc1. The van der Waals surface area contributed by atoms with E-state index < -0.39 is 5.97 Å². The predicted octanol–water partition coefficient (Wildman–Crippen LogP) is 4.48. The molecule has 0 atom stereocenters. The highest BCUT2D eigenvalue weighted by Gasteiger charge is 2.09. The molecule has 0 spiro atoms. The summed E-state index contributed by atoms with van der Waals surface area (Å²) in [4.78, 5) is 28.0. The Morgan fingerprint density at radius 3 is 2.14 bits per heavy atom. The minimum Gasteiger partial charge on any atom is -0.465 e. The molecule has 0 aliphatic heterocycles. The van der Waals surface area contributed by atoms with E-state index in [0.29, 0.717) is 16.9 Å². The molecular formula is C22H21N3O3. The Morgan fingerprint density at radius 2 is 1.54 bits per heavy atom. The van der Waals surface area contributed by atoms with Crippen molar-refractivity contribution in [2.24, 2.45) is 0 Å². The molecule has 0 radical (unpaired) electrons. The van der Waals surface area contributed by atoms with E-state index in [2.05, 4.69) is 46.3 Å². The maximum absolute atomic E-state index is 12.4. The molecule has 142 valence electrons. The minimum absolute atomic E-state index is 0.294. The highest BCUT2D eigenvalue weighted by Crippen LogP contribution is 2.19. The van der Waals surface area contributed by atoms with Gasteiger partial charge in [-0.3, -0.25) is 4.79 Å². The molecule has 2 N–H and O–H groups in total. The third kappa shape index (κ3) is 4.54. The van der Waals surface area contributed by atoms with Crippen molar-refractivity contribution in [3.8, 4) is 0 Å². The number of nitrogens with zero attached hydrogens (tertiary/aromatic N) is 1. The second-order valence-corrected chi connectivity index (χ2v) is 6.38.